The summed E-state index contributed by atoms with van der Waals surface area (Å²) >= 11 is 0. The summed E-state index contributed by atoms with van der Waals surface area (Å²) in [5, 5.41) is 12.5. The molecule has 33 heavy (non-hydrogen) atoms. The molecule has 0 aliphatic carbocycles. The molecule has 3 amide bonds. The number of nitrogens with one attached hydrogen (secondary N) is 1. The summed E-state index contributed by atoms with van der Waals surface area (Å²) in [6, 6.07) is 9.79. The van der Waals surface area contributed by atoms with Crippen molar-refractivity contribution < 1.29 is 32.7 Å². The molecule has 0 aromatic heterocycles. The van der Waals surface area contributed by atoms with Crippen LogP contribution in [0.15, 0.2) is 48.5 Å². The smallest absolute Gasteiger partial charge is 0.416 e. The fraction of sp³-hybridized carbons (Fsp3) is 0.348. The number of hydrogen-bond donors (Lipinski definition) is 2. The van der Waals surface area contributed by atoms with Gasteiger partial charge in [-0.2, -0.15) is 13.2 Å². The van der Waals surface area contributed by atoms with Crippen molar-refractivity contribution in [3.63, 3.8) is 0 Å². The van der Waals surface area contributed by atoms with E-state index in [-0.39, 0.29) is 29.7 Å². The second kappa shape index (κ2) is 8.86. The van der Waals surface area contributed by atoms with Crippen molar-refractivity contribution in [2.75, 3.05) is 23.3 Å². The molecule has 2 N–H and O–H groups in total. The molecule has 0 unspecified atom stereocenters. The first kappa shape index (κ1) is 22.8. The first-order valence-corrected chi connectivity index (χ1v) is 10.5. The van der Waals surface area contributed by atoms with Crippen LogP contribution in [0.5, 0.6) is 5.75 Å². The largest absolute Gasteiger partial charge is 0.506 e. The van der Waals surface area contributed by atoms with E-state index in [0.717, 1.165) is 17.0 Å². The molecule has 0 spiro atoms. The van der Waals surface area contributed by atoms with Gasteiger partial charge in [-0.25, -0.2) is 4.90 Å². The van der Waals surface area contributed by atoms with Crippen LogP contribution in [0.1, 0.15) is 24.8 Å². The number of para-hydroxylation sites is 2. The number of carbonyl (C=O) groups is 3. The number of anilines is 2. The highest BCUT2D eigenvalue weighted by Gasteiger charge is 2.44. The van der Waals surface area contributed by atoms with E-state index in [2.05, 4.69) is 5.32 Å². The third-order valence-electron chi connectivity index (χ3n) is 6.06. The zero-order chi connectivity index (χ0) is 23.8. The first-order chi connectivity index (χ1) is 15.6. The van der Waals surface area contributed by atoms with Crippen LogP contribution in [-0.2, 0) is 20.6 Å². The highest BCUT2D eigenvalue weighted by Crippen LogP contribution is 2.34. The molecule has 2 aliphatic heterocycles. The van der Waals surface area contributed by atoms with Crippen molar-refractivity contribution in [1.29, 1.82) is 0 Å². The van der Waals surface area contributed by atoms with Gasteiger partial charge < -0.3 is 10.4 Å². The van der Waals surface area contributed by atoms with Crippen LogP contribution in [0.4, 0.5) is 24.5 Å². The topological polar surface area (TPSA) is 89.9 Å². The van der Waals surface area contributed by atoms with Gasteiger partial charge in [0.2, 0.25) is 11.8 Å². The van der Waals surface area contributed by atoms with Crippen LogP contribution in [0.25, 0.3) is 0 Å². The lowest BCUT2D eigenvalue weighted by Crippen LogP contribution is -2.47. The summed E-state index contributed by atoms with van der Waals surface area (Å²) < 4.78 is 39.1. The number of rotatable bonds is 4. The average Bonchev–Trinajstić information content (AvgIpc) is 3.08. The Hall–Kier alpha value is -3.40. The van der Waals surface area contributed by atoms with Gasteiger partial charge in [0.05, 0.1) is 29.4 Å². The van der Waals surface area contributed by atoms with Gasteiger partial charge in [0.1, 0.15) is 5.75 Å². The van der Waals surface area contributed by atoms with Crippen LogP contribution in [0.2, 0.25) is 0 Å². The molecule has 10 heteroatoms. The molecule has 1 atom stereocenters. The van der Waals surface area contributed by atoms with Crippen LogP contribution in [-0.4, -0.2) is 46.9 Å². The minimum absolute atomic E-state index is 0.0342. The molecule has 0 bridgehead atoms. The minimum atomic E-state index is -4.58. The zero-order valence-electron chi connectivity index (χ0n) is 17.5. The van der Waals surface area contributed by atoms with Crippen molar-refractivity contribution in [1.82, 2.24) is 4.90 Å². The van der Waals surface area contributed by atoms with Crippen LogP contribution in [0.3, 0.4) is 0 Å². The lowest BCUT2D eigenvalue weighted by Gasteiger charge is -2.34. The number of likely N-dealkylation sites (tertiary alicyclic amines) is 1. The maximum atomic E-state index is 13.0. The quantitative estimate of drug-likeness (QED) is 0.538. The predicted molar refractivity (Wildman–Crippen MR) is 113 cm³/mol. The minimum Gasteiger partial charge on any atom is -0.506 e. The molecule has 2 fully saturated rings. The molecule has 2 aromatic carbocycles. The van der Waals surface area contributed by atoms with Gasteiger partial charge in [-0.15, -0.1) is 0 Å². The molecule has 2 heterocycles. The molecule has 4 rings (SSSR count). The number of carbonyl (C=O) groups excluding carboxylic acids is 3. The Morgan fingerprint density at radius 3 is 2.39 bits per heavy atom. The van der Waals surface area contributed by atoms with Gasteiger partial charge in [0, 0.05) is 5.92 Å². The van der Waals surface area contributed by atoms with E-state index in [9.17, 15) is 32.7 Å². The Labute approximate surface area is 187 Å². The van der Waals surface area contributed by atoms with E-state index in [0.29, 0.717) is 31.6 Å². The number of hydrogen-bond acceptors (Lipinski definition) is 5. The second-order valence-electron chi connectivity index (χ2n) is 8.15. The summed E-state index contributed by atoms with van der Waals surface area (Å²) in [7, 11) is 0. The van der Waals surface area contributed by atoms with Gasteiger partial charge in [0.15, 0.2) is 0 Å². The zero-order valence-corrected chi connectivity index (χ0v) is 17.5. The van der Waals surface area contributed by atoms with Gasteiger partial charge in [0.25, 0.3) is 5.91 Å². The number of imide groups is 1. The Morgan fingerprint density at radius 2 is 1.73 bits per heavy atom. The molecule has 0 radical (unpaired) electrons. The van der Waals surface area contributed by atoms with Crippen molar-refractivity contribution in [3.8, 4) is 5.75 Å². The Balaban J connectivity index is 1.39. The fourth-order valence-corrected chi connectivity index (χ4v) is 4.28. The summed E-state index contributed by atoms with van der Waals surface area (Å²) in [5.41, 5.74) is -0.710. The lowest BCUT2D eigenvalue weighted by molar-refractivity contribution is -0.137. The average molecular weight is 461 g/mol. The van der Waals surface area contributed by atoms with Gasteiger partial charge >= 0.3 is 6.18 Å². The third kappa shape index (κ3) is 4.70. The number of halogens is 3. The number of piperidine rings is 1. The number of alkyl halides is 3. The van der Waals surface area contributed by atoms with Crippen LogP contribution >= 0.6 is 0 Å². The highest BCUT2D eigenvalue weighted by molar-refractivity contribution is 6.22. The van der Waals surface area contributed by atoms with Crippen LogP contribution < -0.4 is 10.2 Å². The van der Waals surface area contributed by atoms with E-state index < -0.39 is 29.6 Å². The SMILES string of the molecule is O=C(Nc1ccccc1O)C1CCN([C@@H]2CC(=O)N(c3cccc(C(F)(F)F)c3)C2=O)CC1. The molecule has 174 valence electrons. The maximum absolute atomic E-state index is 13.0. The molecule has 2 saturated heterocycles. The van der Waals surface area contributed by atoms with Crippen molar-refractivity contribution >= 4 is 29.1 Å². The highest BCUT2D eigenvalue weighted by atomic mass is 19.4. The standard InChI is InChI=1S/C23H22F3N3O4/c24-23(25,26)15-4-3-5-16(12-15)29-20(31)13-18(22(29)33)28-10-8-14(9-11-28)21(32)27-17-6-1-2-7-19(17)30/h1-7,12,14,18,30H,8-11,13H2,(H,27,32)/t18-/m1/s1. The Kier molecular flexibility index (Phi) is 6.11. The molecule has 2 aliphatic rings. The van der Waals surface area contributed by atoms with E-state index in [4.69, 9.17) is 0 Å². The van der Waals surface area contributed by atoms with Crippen molar-refractivity contribution in [3.05, 3.63) is 54.1 Å². The monoisotopic (exact) mass is 461 g/mol. The number of nitrogens with zero attached hydrogens (tertiary/aromatic N) is 2. The number of amides is 3. The summed E-state index contributed by atoms with van der Waals surface area (Å²) in [6.07, 6.45) is -3.81. The molecule has 2 aromatic rings. The molecular formula is C23H22F3N3O4. The van der Waals surface area contributed by atoms with Gasteiger partial charge in [-0.3, -0.25) is 19.3 Å². The van der Waals surface area contributed by atoms with E-state index in [1.165, 1.54) is 18.2 Å². The number of phenolic OH excluding ortho intramolecular Hbond substituents is 1. The van der Waals surface area contributed by atoms with Gasteiger partial charge in [-0.1, -0.05) is 18.2 Å². The number of benzene rings is 2. The normalized spacial score (nSPS) is 20.3. The summed E-state index contributed by atoms with van der Waals surface area (Å²) in [5.74, 6) is -1.71. The third-order valence-corrected chi connectivity index (χ3v) is 6.06. The van der Waals surface area contributed by atoms with E-state index in [1.807, 2.05) is 0 Å². The first-order valence-electron chi connectivity index (χ1n) is 10.5. The molecule has 7 nitrogen and oxygen atoms in total. The lowest BCUT2D eigenvalue weighted by atomic mass is 9.94. The Morgan fingerprint density at radius 1 is 1.03 bits per heavy atom. The maximum Gasteiger partial charge on any atom is 0.416 e. The van der Waals surface area contributed by atoms with E-state index >= 15 is 0 Å². The molecular weight excluding hydrogens is 439 g/mol. The number of aromatic hydroxyl groups is 1. The van der Waals surface area contributed by atoms with Crippen molar-refractivity contribution in [2.45, 2.75) is 31.5 Å². The summed E-state index contributed by atoms with van der Waals surface area (Å²) in [6.45, 7) is 0.776. The van der Waals surface area contributed by atoms with Crippen LogP contribution in [0, 0.1) is 5.92 Å². The number of phenols is 1. The fourth-order valence-electron chi connectivity index (χ4n) is 4.28. The van der Waals surface area contributed by atoms with Gasteiger partial charge in [-0.05, 0) is 56.3 Å². The second-order valence-corrected chi connectivity index (χ2v) is 8.15. The molecule has 0 saturated carbocycles. The Bertz CT molecular complexity index is 1080. The predicted octanol–water partition coefficient (Wildman–Crippen LogP) is 3.39. The van der Waals surface area contributed by atoms with Crippen molar-refractivity contribution in [2.24, 2.45) is 5.92 Å². The summed E-state index contributed by atoms with van der Waals surface area (Å²) in [4.78, 5) is 40.6. The van der Waals surface area contributed by atoms with E-state index in [1.54, 1.807) is 23.1 Å².